The first kappa shape index (κ1) is 18.3. The number of fused-ring (bicyclic) bond motifs is 2. The maximum atomic E-state index is 13.0. The van der Waals surface area contributed by atoms with Crippen LogP contribution in [0.1, 0.15) is 24.0 Å². The number of hydrogen-bond donors (Lipinski definition) is 0. The molecule has 1 aromatic heterocycles. The van der Waals surface area contributed by atoms with E-state index in [0.29, 0.717) is 0 Å². The number of benzene rings is 2. The summed E-state index contributed by atoms with van der Waals surface area (Å²) in [5, 5.41) is 6.61. The van der Waals surface area contributed by atoms with Crippen molar-refractivity contribution in [1.29, 1.82) is 0 Å². The number of nitrogens with zero attached hydrogens (tertiary/aromatic N) is 3. The maximum Gasteiger partial charge on any atom is 0.254 e. The molecule has 2 aromatic carbocycles. The third kappa shape index (κ3) is 2.87. The third-order valence-electron chi connectivity index (χ3n) is 7.06. The van der Waals surface area contributed by atoms with E-state index in [0.717, 1.165) is 40.9 Å². The summed E-state index contributed by atoms with van der Waals surface area (Å²) in [6.07, 6.45) is 9.96. The van der Waals surface area contributed by atoms with Crippen molar-refractivity contribution in [1.82, 2.24) is 9.58 Å². The SMILES string of the molecule is O=C1[C@H]2[C@H](C(=O)N1/N=C\c1cn(Cc3ccccc3)c3ccccc13)[C@@H]1C=C[C@@H]2CC1. The lowest BCUT2D eigenvalue weighted by Gasteiger charge is -2.37. The molecular weight excluding hydrogens is 386 g/mol. The van der Waals surface area contributed by atoms with E-state index >= 15 is 0 Å². The minimum absolute atomic E-state index is 0.140. The van der Waals surface area contributed by atoms with Gasteiger partial charge in [-0.15, -0.1) is 0 Å². The van der Waals surface area contributed by atoms with Gasteiger partial charge in [0.2, 0.25) is 0 Å². The number of allylic oxidation sites excluding steroid dienone is 2. The second kappa shape index (κ2) is 7.05. The van der Waals surface area contributed by atoms with Crippen LogP contribution in [0.2, 0.25) is 0 Å². The van der Waals surface area contributed by atoms with Crippen LogP contribution < -0.4 is 0 Å². The van der Waals surface area contributed by atoms with Crippen molar-refractivity contribution < 1.29 is 9.59 Å². The number of carbonyl (C=O) groups excluding carboxylic acids is 2. The van der Waals surface area contributed by atoms with Gasteiger partial charge in [-0.1, -0.05) is 60.7 Å². The van der Waals surface area contributed by atoms with Crippen molar-refractivity contribution in [2.45, 2.75) is 19.4 Å². The number of carbonyl (C=O) groups is 2. The van der Waals surface area contributed by atoms with Gasteiger partial charge in [0.05, 0.1) is 18.1 Å². The largest absolute Gasteiger partial charge is 0.342 e. The highest BCUT2D eigenvalue weighted by Gasteiger charge is 2.56. The zero-order chi connectivity index (χ0) is 20.9. The Bertz CT molecular complexity index is 1210. The molecule has 1 saturated heterocycles. The van der Waals surface area contributed by atoms with E-state index in [1.54, 1.807) is 6.21 Å². The van der Waals surface area contributed by atoms with E-state index in [1.807, 2.05) is 36.5 Å². The number of rotatable bonds is 4. The van der Waals surface area contributed by atoms with E-state index in [1.165, 1.54) is 5.56 Å². The van der Waals surface area contributed by atoms with Crippen LogP contribution in [0.4, 0.5) is 0 Å². The first-order valence-electron chi connectivity index (χ1n) is 10.9. The van der Waals surface area contributed by atoms with Gasteiger partial charge in [-0.3, -0.25) is 9.59 Å². The molecule has 3 aromatic rings. The van der Waals surface area contributed by atoms with E-state index in [-0.39, 0.29) is 35.5 Å². The van der Waals surface area contributed by atoms with Gasteiger partial charge in [0.1, 0.15) is 0 Å². The number of amides is 2. The Labute approximate surface area is 180 Å². The van der Waals surface area contributed by atoms with E-state index in [4.69, 9.17) is 0 Å². The number of imide groups is 1. The predicted octanol–water partition coefficient (Wildman–Crippen LogP) is 4.22. The number of aromatic nitrogens is 1. The lowest BCUT2D eigenvalue weighted by atomic mass is 9.63. The van der Waals surface area contributed by atoms with Crippen molar-refractivity contribution in [3.63, 3.8) is 0 Å². The van der Waals surface area contributed by atoms with Crippen molar-refractivity contribution in [2.24, 2.45) is 28.8 Å². The molecule has 1 saturated carbocycles. The zero-order valence-electron chi connectivity index (χ0n) is 17.1. The van der Waals surface area contributed by atoms with Gasteiger partial charge in [0, 0.05) is 29.2 Å². The van der Waals surface area contributed by atoms with Gasteiger partial charge < -0.3 is 4.57 Å². The first-order valence-corrected chi connectivity index (χ1v) is 10.9. The summed E-state index contributed by atoms with van der Waals surface area (Å²) in [6, 6.07) is 18.4. The Balaban J connectivity index is 1.33. The Kier molecular flexibility index (Phi) is 4.16. The fourth-order valence-electron chi connectivity index (χ4n) is 5.58. The Hall–Kier alpha value is -3.47. The summed E-state index contributed by atoms with van der Waals surface area (Å²) in [6.45, 7) is 0.746. The molecule has 4 aliphatic rings. The molecule has 3 aliphatic carbocycles. The van der Waals surface area contributed by atoms with Crippen LogP contribution in [0.15, 0.2) is 78.0 Å². The van der Waals surface area contributed by atoms with Crippen LogP contribution in [-0.4, -0.2) is 27.6 Å². The molecule has 31 heavy (non-hydrogen) atoms. The average molecular weight is 409 g/mol. The highest BCUT2D eigenvalue weighted by molar-refractivity contribution is 6.07. The average Bonchev–Trinajstić information content (AvgIpc) is 3.30. The first-order chi connectivity index (χ1) is 15.2. The monoisotopic (exact) mass is 409 g/mol. The van der Waals surface area contributed by atoms with Crippen LogP contribution in [0.3, 0.4) is 0 Å². The van der Waals surface area contributed by atoms with Gasteiger partial charge in [0.25, 0.3) is 11.8 Å². The lowest BCUT2D eigenvalue weighted by molar-refractivity contribution is -0.140. The molecule has 5 heteroatoms. The summed E-state index contributed by atoms with van der Waals surface area (Å²) in [5.41, 5.74) is 3.22. The molecular formula is C26H23N3O2. The zero-order valence-corrected chi connectivity index (χ0v) is 17.1. The van der Waals surface area contributed by atoms with Gasteiger partial charge in [-0.2, -0.15) is 10.1 Å². The fraction of sp³-hybridized carbons (Fsp3) is 0.269. The minimum Gasteiger partial charge on any atom is -0.342 e. The standard InChI is InChI=1S/C26H23N3O2/c30-25-23-18-10-11-19(13-12-18)24(23)26(31)29(25)27-14-20-16-28(15-17-6-2-1-3-7-17)22-9-5-4-8-21(20)22/h1-11,14,16,18-19,23-24H,12-13,15H2/b27-14-/t18-,19-,23-,24-/m1/s1. The Morgan fingerprint density at radius 3 is 2.19 bits per heavy atom. The highest BCUT2D eigenvalue weighted by Crippen LogP contribution is 2.49. The highest BCUT2D eigenvalue weighted by atomic mass is 16.2. The fourth-order valence-corrected chi connectivity index (χ4v) is 5.58. The molecule has 2 fully saturated rings. The maximum absolute atomic E-state index is 13.0. The topological polar surface area (TPSA) is 54.7 Å². The smallest absolute Gasteiger partial charge is 0.254 e. The molecule has 0 unspecified atom stereocenters. The molecule has 0 radical (unpaired) electrons. The molecule has 2 amide bonds. The number of hydrogen-bond acceptors (Lipinski definition) is 3. The lowest BCUT2D eigenvalue weighted by Crippen LogP contribution is -2.38. The summed E-state index contributed by atoms with van der Waals surface area (Å²) in [4.78, 5) is 26.0. The van der Waals surface area contributed by atoms with Crippen LogP contribution in [0.25, 0.3) is 10.9 Å². The Morgan fingerprint density at radius 2 is 1.52 bits per heavy atom. The van der Waals surface area contributed by atoms with Gasteiger partial charge in [-0.05, 0) is 36.3 Å². The molecule has 2 bridgehead atoms. The molecule has 5 nitrogen and oxygen atoms in total. The van der Waals surface area contributed by atoms with E-state index in [2.05, 4.69) is 46.1 Å². The van der Waals surface area contributed by atoms with E-state index < -0.39 is 0 Å². The summed E-state index contributed by atoms with van der Waals surface area (Å²) in [7, 11) is 0. The molecule has 0 spiro atoms. The molecule has 0 N–H and O–H groups in total. The molecule has 4 atom stereocenters. The van der Waals surface area contributed by atoms with Crippen LogP contribution in [0.5, 0.6) is 0 Å². The summed E-state index contributed by atoms with van der Waals surface area (Å²) < 4.78 is 2.18. The third-order valence-corrected chi connectivity index (χ3v) is 7.06. The molecule has 1 aliphatic heterocycles. The summed E-state index contributed by atoms with van der Waals surface area (Å²) >= 11 is 0. The number of para-hydroxylation sites is 1. The van der Waals surface area contributed by atoms with Crippen LogP contribution in [0, 0.1) is 23.7 Å². The van der Waals surface area contributed by atoms with Gasteiger partial charge in [-0.25, -0.2) is 0 Å². The molecule has 7 rings (SSSR count). The molecule has 154 valence electrons. The number of hydrazone groups is 1. The van der Waals surface area contributed by atoms with Crippen LogP contribution in [-0.2, 0) is 16.1 Å². The van der Waals surface area contributed by atoms with Gasteiger partial charge >= 0.3 is 0 Å². The second-order valence-electron chi connectivity index (χ2n) is 8.79. The normalized spacial score (nSPS) is 27.0. The Morgan fingerprint density at radius 1 is 0.871 bits per heavy atom. The van der Waals surface area contributed by atoms with E-state index in [9.17, 15) is 9.59 Å². The van der Waals surface area contributed by atoms with Gasteiger partial charge in [0.15, 0.2) is 0 Å². The predicted molar refractivity (Wildman–Crippen MR) is 119 cm³/mol. The van der Waals surface area contributed by atoms with Crippen molar-refractivity contribution in [3.05, 3.63) is 84.1 Å². The molecule has 2 heterocycles. The van der Waals surface area contributed by atoms with Crippen LogP contribution >= 0.6 is 0 Å². The van der Waals surface area contributed by atoms with Crippen molar-refractivity contribution >= 4 is 28.9 Å². The van der Waals surface area contributed by atoms with Crippen molar-refractivity contribution in [2.75, 3.05) is 0 Å². The minimum atomic E-state index is -0.229. The summed E-state index contributed by atoms with van der Waals surface area (Å²) in [5.74, 6) is -0.379. The second-order valence-corrected chi connectivity index (χ2v) is 8.79. The van der Waals surface area contributed by atoms with Crippen molar-refractivity contribution in [3.8, 4) is 0 Å². The quantitative estimate of drug-likeness (QED) is 0.368.